The van der Waals surface area contributed by atoms with Gasteiger partial charge in [0.1, 0.15) is 0 Å². The molecule has 5 heteroatoms. The van der Waals surface area contributed by atoms with Crippen LogP contribution in [0.2, 0.25) is 0 Å². The van der Waals surface area contributed by atoms with Crippen LogP contribution in [0.15, 0.2) is 69.5 Å². The van der Waals surface area contributed by atoms with Gasteiger partial charge in [0, 0.05) is 0 Å². The van der Waals surface area contributed by atoms with Crippen molar-refractivity contribution in [3.05, 3.63) is 81.2 Å². The molecule has 0 amide bonds. The Kier molecular flexibility index (Phi) is 5.77. The number of allylic oxidation sites excluding steroid dienone is 4. The molecule has 26 heavy (non-hydrogen) atoms. The van der Waals surface area contributed by atoms with Gasteiger partial charge in [-0.1, -0.05) is 0 Å². The van der Waals surface area contributed by atoms with Crippen molar-refractivity contribution in [2.45, 2.75) is 27.2 Å². The molecule has 1 aliphatic carbocycles. The monoisotopic (exact) mass is 433 g/mol. The Morgan fingerprint density at radius 2 is 1.27 bits per heavy atom. The fraction of sp³-hybridized carbons (Fsp3) is 0.238. The molecule has 1 aliphatic rings. The molecule has 0 heterocycles. The van der Waals surface area contributed by atoms with Crippen LogP contribution in [0.4, 0.5) is 8.78 Å². The van der Waals surface area contributed by atoms with Gasteiger partial charge in [0.25, 0.3) is 0 Å². The van der Waals surface area contributed by atoms with Crippen LogP contribution in [-0.2, 0) is 22.6 Å². The van der Waals surface area contributed by atoms with E-state index in [0.29, 0.717) is 11.5 Å². The average molecular weight is 435 g/mol. The third-order valence-electron chi connectivity index (χ3n) is 4.05. The summed E-state index contributed by atoms with van der Waals surface area (Å²) in [5.41, 5.74) is 1.32. The van der Waals surface area contributed by atoms with Crippen LogP contribution in [0.1, 0.15) is 27.2 Å². The van der Waals surface area contributed by atoms with Gasteiger partial charge in [-0.3, -0.25) is 0 Å². The SMILES string of the molecule is CC(C)(C)C1=CC[C]([Zr]([O]c2ccc(F)cc2)[O]c2ccc(F)cc2)=C1. The summed E-state index contributed by atoms with van der Waals surface area (Å²) in [4.78, 5) is 0. The molecule has 0 unspecified atom stereocenters. The molecule has 0 aliphatic heterocycles. The molecule has 0 bridgehead atoms. The molecule has 0 radical (unpaired) electrons. The van der Waals surface area contributed by atoms with E-state index in [1.807, 2.05) is 0 Å². The predicted octanol–water partition coefficient (Wildman–Crippen LogP) is 6.13. The Labute approximate surface area is 162 Å². The molecule has 0 fully saturated rings. The van der Waals surface area contributed by atoms with Crippen molar-refractivity contribution in [3.8, 4) is 11.5 Å². The molecule has 3 rings (SSSR count). The van der Waals surface area contributed by atoms with Crippen LogP contribution in [0.3, 0.4) is 0 Å². The molecule has 2 nitrogen and oxygen atoms in total. The average Bonchev–Trinajstić information content (AvgIpc) is 3.08. The summed E-state index contributed by atoms with van der Waals surface area (Å²) in [6.07, 6.45) is 5.17. The van der Waals surface area contributed by atoms with Crippen LogP contribution in [-0.4, -0.2) is 0 Å². The second-order valence-electron chi connectivity index (χ2n) is 7.18. The summed E-state index contributed by atoms with van der Waals surface area (Å²) in [7, 11) is 0. The Hall–Kier alpha value is -1.74. The first-order valence-electron chi connectivity index (χ1n) is 8.47. The summed E-state index contributed by atoms with van der Waals surface area (Å²) in [5.74, 6) is 0.568. The van der Waals surface area contributed by atoms with Crippen molar-refractivity contribution < 1.29 is 37.0 Å². The molecule has 0 atom stereocenters. The number of rotatable bonds is 5. The molecule has 0 aromatic heterocycles. The van der Waals surface area contributed by atoms with Crippen molar-refractivity contribution >= 4 is 0 Å². The molecule has 0 saturated heterocycles. The first kappa shape index (κ1) is 19.0. The van der Waals surface area contributed by atoms with Crippen LogP contribution in [0.5, 0.6) is 11.5 Å². The van der Waals surface area contributed by atoms with Crippen molar-refractivity contribution in [3.63, 3.8) is 0 Å². The maximum absolute atomic E-state index is 13.2. The second-order valence-corrected chi connectivity index (χ2v) is 11.2. The van der Waals surface area contributed by atoms with Crippen LogP contribution < -0.4 is 5.63 Å². The normalized spacial score (nSPS) is 13.9. The van der Waals surface area contributed by atoms with E-state index in [1.54, 1.807) is 24.3 Å². The van der Waals surface area contributed by atoms with Gasteiger partial charge in [-0.15, -0.1) is 0 Å². The second kappa shape index (κ2) is 7.88. The van der Waals surface area contributed by atoms with E-state index in [-0.39, 0.29) is 17.0 Å². The van der Waals surface area contributed by atoms with Crippen molar-refractivity contribution in [2.75, 3.05) is 0 Å². The van der Waals surface area contributed by atoms with Gasteiger partial charge in [-0.05, 0) is 0 Å². The van der Waals surface area contributed by atoms with E-state index in [9.17, 15) is 8.78 Å². The topological polar surface area (TPSA) is 18.5 Å². The zero-order valence-corrected chi connectivity index (χ0v) is 17.5. The van der Waals surface area contributed by atoms with E-state index in [4.69, 9.17) is 5.63 Å². The van der Waals surface area contributed by atoms with Crippen molar-refractivity contribution in [1.29, 1.82) is 0 Å². The predicted molar refractivity (Wildman–Crippen MR) is 94.3 cm³/mol. The third-order valence-corrected chi connectivity index (χ3v) is 8.26. The standard InChI is InChI=1S/C9H13.2C6H5FO.Zr/c1-9(2,3)8-6-4-5-7-8;2*7-5-1-3-6(8)4-2-5;/h6-7H,4H2,1-3H3;2*1-4,8H;/q;;;+2/p-2. The number of hydrogen-bond donors (Lipinski definition) is 0. The van der Waals surface area contributed by atoms with Gasteiger partial charge >= 0.3 is 162 Å². The quantitative estimate of drug-likeness (QED) is 0.563. The first-order chi connectivity index (χ1) is 12.3. The van der Waals surface area contributed by atoms with Crippen molar-refractivity contribution in [2.24, 2.45) is 5.41 Å². The molecular formula is C21H21F2O2Zr. The number of benzene rings is 2. The number of halogens is 2. The summed E-state index contributed by atoms with van der Waals surface area (Å²) in [6.45, 7) is 6.51. The molecular weight excluding hydrogens is 413 g/mol. The van der Waals surface area contributed by atoms with Gasteiger partial charge in [-0.25, -0.2) is 0 Å². The van der Waals surface area contributed by atoms with Crippen LogP contribution in [0, 0.1) is 17.0 Å². The maximum atomic E-state index is 13.2. The van der Waals surface area contributed by atoms with E-state index in [1.165, 1.54) is 29.8 Å². The van der Waals surface area contributed by atoms with Crippen LogP contribution in [0.25, 0.3) is 0 Å². The first-order valence-corrected chi connectivity index (χ1v) is 11.7. The Morgan fingerprint density at radius 3 is 1.65 bits per heavy atom. The van der Waals surface area contributed by atoms with Gasteiger partial charge in [0.15, 0.2) is 0 Å². The van der Waals surface area contributed by atoms with E-state index in [2.05, 4.69) is 32.9 Å². The summed E-state index contributed by atoms with van der Waals surface area (Å²) in [5, 5.41) is 0. The zero-order valence-electron chi connectivity index (χ0n) is 15.1. The van der Waals surface area contributed by atoms with Crippen molar-refractivity contribution in [1.82, 2.24) is 0 Å². The van der Waals surface area contributed by atoms with Gasteiger partial charge < -0.3 is 0 Å². The fourth-order valence-corrected chi connectivity index (χ4v) is 6.36. The summed E-state index contributed by atoms with van der Waals surface area (Å²) >= 11 is -3.00. The van der Waals surface area contributed by atoms with E-state index in [0.717, 1.165) is 9.70 Å². The van der Waals surface area contributed by atoms with Gasteiger partial charge in [-0.2, -0.15) is 0 Å². The minimum absolute atomic E-state index is 0.0573. The van der Waals surface area contributed by atoms with Crippen LogP contribution >= 0.6 is 0 Å². The fourth-order valence-electron chi connectivity index (χ4n) is 2.56. The van der Waals surface area contributed by atoms with Gasteiger partial charge in [0.2, 0.25) is 0 Å². The molecule has 0 N–H and O–H groups in total. The Balaban J connectivity index is 1.84. The Bertz CT molecular complexity index is 771. The molecule has 0 spiro atoms. The zero-order chi connectivity index (χ0) is 18.7. The Morgan fingerprint density at radius 1 is 0.808 bits per heavy atom. The van der Waals surface area contributed by atoms with Gasteiger partial charge in [0.05, 0.1) is 0 Å². The summed E-state index contributed by atoms with van der Waals surface area (Å²) in [6, 6.07) is 11.9. The molecule has 135 valence electrons. The molecule has 2 aromatic rings. The molecule has 2 aromatic carbocycles. The van der Waals surface area contributed by atoms with E-state index < -0.39 is 22.6 Å². The molecule has 0 saturated carbocycles. The minimum atomic E-state index is -3.00. The summed E-state index contributed by atoms with van der Waals surface area (Å²) < 4.78 is 39.8. The number of hydrogen-bond acceptors (Lipinski definition) is 2. The van der Waals surface area contributed by atoms with E-state index >= 15 is 0 Å². The third kappa shape index (κ3) is 4.91.